The lowest BCUT2D eigenvalue weighted by atomic mass is 10.2. The Morgan fingerprint density at radius 3 is 2.83 bits per heavy atom. The molecule has 0 saturated heterocycles. The predicted molar refractivity (Wildman–Crippen MR) is 61.0 cm³/mol. The number of carboxylic acid groups (broad SMARTS) is 1. The summed E-state index contributed by atoms with van der Waals surface area (Å²) in [5.74, 6) is -1.63. The van der Waals surface area contributed by atoms with Gasteiger partial charge in [0.1, 0.15) is 5.82 Å². The van der Waals surface area contributed by atoms with Gasteiger partial charge in [-0.05, 0) is 17.7 Å². The van der Waals surface area contributed by atoms with Crippen molar-refractivity contribution in [3.8, 4) is 0 Å². The highest BCUT2D eigenvalue weighted by Gasteiger charge is 2.06. The van der Waals surface area contributed by atoms with Crippen molar-refractivity contribution in [3.63, 3.8) is 0 Å². The van der Waals surface area contributed by atoms with Gasteiger partial charge in [-0.1, -0.05) is 0 Å². The fraction of sp³-hybridized carbons (Fsp3) is 0.0833. The number of aromatic nitrogens is 2. The third-order valence-electron chi connectivity index (χ3n) is 2.34. The summed E-state index contributed by atoms with van der Waals surface area (Å²) >= 11 is 0. The highest BCUT2D eigenvalue weighted by Crippen LogP contribution is 2.03. The standard InChI is InChI=1S/C12H9FN2O3/c13-10-3-8(4-14-5-10)6-15-7-9(12(17)18)1-2-11(15)16/h1-5,7H,6H2,(H,17,18). The van der Waals surface area contributed by atoms with Gasteiger partial charge in [0.15, 0.2) is 0 Å². The average Bonchev–Trinajstić information content (AvgIpc) is 2.31. The first kappa shape index (κ1) is 12.0. The molecule has 2 rings (SSSR count). The number of halogens is 1. The summed E-state index contributed by atoms with van der Waals surface area (Å²) in [5.41, 5.74) is 0.128. The number of hydrogen-bond acceptors (Lipinski definition) is 3. The van der Waals surface area contributed by atoms with Crippen molar-refractivity contribution in [1.29, 1.82) is 0 Å². The Morgan fingerprint density at radius 1 is 1.39 bits per heavy atom. The third kappa shape index (κ3) is 2.60. The highest BCUT2D eigenvalue weighted by molar-refractivity contribution is 5.87. The van der Waals surface area contributed by atoms with Crippen LogP contribution in [0.5, 0.6) is 0 Å². The van der Waals surface area contributed by atoms with Crippen LogP contribution in [-0.2, 0) is 6.54 Å². The van der Waals surface area contributed by atoms with Crippen LogP contribution in [0.1, 0.15) is 15.9 Å². The average molecular weight is 248 g/mol. The smallest absolute Gasteiger partial charge is 0.337 e. The lowest BCUT2D eigenvalue weighted by Crippen LogP contribution is -2.20. The minimum Gasteiger partial charge on any atom is -0.478 e. The summed E-state index contributed by atoms with van der Waals surface area (Å²) < 4.78 is 14.1. The van der Waals surface area contributed by atoms with Crippen molar-refractivity contribution in [1.82, 2.24) is 9.55 Å². The van der Waals surface area contributed by atoms with Gasteiger partial charge in [0.25, 0.3) is 5.56 Å². The molecule has 6 heteroatoms. The summed E-state index contributed by atoms with van der Waals surface area (Å²) in [7, 11) is 0. The Kier molecular flexibility index (Phi) is 3.18. The van der Waals surface area contributed by atoms with Crippen LogP contribution in [-0.4, -0.2) is 20.6 Å². The van der Waals surface area contributed by atoms with Gasteiger partial charge in [0.2, 0.25) is 0 Å². The molecule has 0 aliphatic heterocycles. The fourth-order valence-corrected chi connectivity index (χ4v) is 1.52. The first-order valence-electron chi connectivity index (χ1n) is 5.09. The van der Waals surface area contributed by atoms with Crippen LogP contribution in [0.2, 0.25) is 0 Å². The number of carbonyl (C=O) groups is 1. The quantitative estimate of drug-likeness (QED) is 0.883. The van der Waals surface area contributed by atoms with E-state index in [4.69, 9.17) is 5.11 Å². The molecule has 2 aromatic rings. The monoisotopic (exact) mass is 248 g/mol. The fourth-order valence-electron chi connectivity index (χ4n) is 1.52. The Balaban J connectivity index is 2.37. The van der Waals surface area contributed by atoms with Crippen LogP contribution in [0.25, 0.3) is 0 Å². The summed E-state index contributed by atoms with van der Waals surface area (Å²) in [4.78, 5) is 26.0. The number of carboxylic acids is 1. The van der Waals surface area contributed by atoms with Crippen molar-refractivity contribution in [2.45, 2.75) is 6.54 Å². The molecular formula is C12H9FN2O3. The molecule has 92 valence electrons. The van der Waals surface area contributed by atoms with Gasteiger partial charge in [0.05, 0.1) is 18.3 Å². The van der Waals surface area contributed by atoms with Crippen LogP contribution >= 0.6 is 0 Å². The maximum Gasteiger partial charge on any atom is 0.337 e. The summed E-state index contributed by atoms with van der Waals surface area (Å²) in [6.45, 7) is 0.0741. The molecule has 0 fully saturated rings. The molecule has 0 bridgehead atoms. The maximum absolute atomic E-state index is 12.9. The number of rotatable bonds is 3. The molecule has 0 unspecified atom stereocenters. The van der Waals surface area contributed by atoms with Gasteiger partial charge in [-0.3, -0.25) is 9.78 Å². The second kappa shape index (κ2) is 4.79. The lowest BCUT2D eigenvalue weighted by Gasteiger charge is -2.06. The second-order valence-corrected chi connectivity index (χ2v) is 3.70. The van der Waals surface area contributed by atoms with E-state index in [0.717, 1.165) is 12.3 Å². The molecule has 18 heavy (non-hydrogen) atoms. The minimum absolute atomic E-state index is 0.000961. The second-order valence-electron chi connectivity index (χ2n) is 3.70. The molecule has 5 nitrogen and oxygen atoms in total. The molecular weight excluding hydrogens is 239 g/mol. The highest BCUT2D eigenvalue weighted by atomic mass is 19.1. The van der Waals surface area contributed by atoms with E-state index in [1.54, 1.807) is 0 Å². The Hall–Kier alpha value is -2.50. The molecule has 0 saturated carbocycles. The topological polar surface area (TPSA) is 72.2 Å². The van der Waals surface area contributed by atoms with Crippen molar-refractivity contribution in [2.24, 2.45) is 0 Å². The SMILES string of the molecule is O=C(O)c1ccc(=O)n(Cc2cncc(F)c2)c1. The van der Waals surface area contributed by atoms with Gasteiger partial charge in [0, 0.05) is 18.5 Å². The van der Waals surface area contributed by atoms with E-state index >= 15 is 0 Å². The maximum atomic E-state index is 12.9. The van der Waals surface area contributed by atoms with E-state index < -0.39 is 11.8 Å². The normalized spacial score (nSPS) is 10.3. The molecule has 0 atom stereocenters. The molecule has 0 aromatic carbocycles. The number of pyridine rings is 2. The van der Waals surface area contributed by atoms with Gasteiger partial charge in [-0.25, -0.2) is 9.18 Å². The first-order chi connectivity index (χ1) is 8.56. The lowest BCUT2D eigenvalue weighted by molar-refractivity contribution is 0.0696. The Labute approximate surface area is 101 Å². The van der Waals surface area contributed by atoms with E-state index in [0.29, 0.717) is 5.56 Å². The van der Waals surface area contributed by atoms with Crippen molar-refractivity contribution in [2.75, 3.05) is 0 Å². The largest absolute Gasteiger partial charge is 0.478 e. The number of nitrogens with zero attached hydrogens (tertiary/aromatic N) is 2. The number of aromatic carboxylic acids is 1. The van der Waals surface area contributed by atoms with Crippen molar-refractivity contribution >= 4 is 5.97 Å². The predicted octanol–water partition coefficient (Wildman–Crippen LogP) is 1.13. The van der Waals surface area contributed by atoms with Gasteiger partial charge in [-0.2, -0.15) is 0 Å². The van der Waals surface area contributed by atoms with E-state index in [1.807, 2.05) is 0 Å². The van der Waals surface area contributed by atoms with Crippen LogP contribution < -0.4 is 5.56 Å². The minimum atomic E-state index is -1.12. The van der Waals surface area contributed by atoms with E-state index in [9.17, 15) is 14.0 Å². The molecule has 0 amide bonds. The van der Waals surface area contributed by atoms with Crippen LogP contribution in [0, 0.1) is 5.82 Å². The summed E-state index contributed by atoms with van der Waals surface area (Å²) in [5, 5.41) is 8.82. The third-order valence-corrected chi connectivity index (χ3v) is 2.34. The molecule has 2 aromatic heterocycles. The van der Waals surface area contributed by atoms with Crippen LogP contribution in [0.3, 0.4) is 0 Å². The molecule has 0 aliphatic carbocycles. The zero-order chi connectivity index (χ0) is 13.1. The van der Waals surface area contributed by atoms with E-state index in [-0.39, 0.29) is 17.7 Å². The van der Waals surface area contributed by atoms with Crippen molar-refractivity contribution in [3.05, 3.63) is 64.1 Å². The zero-order valence-corrected chi connectivity index (χ0v) is 9.21. The van der Waals surface area contributed by atoms with Crippen molar-refractivity contribution < 1.29 is 14.3 Å². The first-order valence-corrected chi connectivity index (χ1v) is 5.09. The Bertz CT molecular complexity index is 652. The zero-order valence-electron chi connectivity index (χ0n) is 9.21. The van der Waals surface area contributed by atoms with Gasteiger partial charge >= 0.3 is 5.97 Å². The van der Waals surface area contributed by atoms with E-state index in [2.05, 4.69) is 4.98 Å². The summed E-state index contributed by atoms with van der Waals surface area (Å²) in [6, 6.07) is 3.63. The van der Waals surface area contributed by atoms with Gasteiger partial charge < -0.3 is 9.67 Å². The molecule has 1 N–H and O–H groups in total. The van der Waals surface area contributed by atoms with Crippen LogP contribution in [0.15, 0.2) is 41.6 Å². The van der Waals surface area contributed by atoms with Gasteiger partial charge in [-0.15, -0.1) is 0 Å². The number of hydrogen-bond donors (Lipinski definition) is 1. The molecule has 0 aliphatic rings. The van der Waals surface area contributed by atoms with Crippen LogP contribution in [0.4, 0.5) is 4.39 Å². The Morgan fingerprint density at radius 2 is 2.17 bits per heavy atom. The molecule has 0 radical (unpaired) electrons. The summed E-state index contributed by atoms with van der Waals surface area (Å²) in [6.07, 6.45) is 3.69. The molecule has 0 spiro atoms. The van der Waals surface area contributed by atoms with E-state index in [1.165, 1.54) is 29.1 Å². The molecule has 2 heterocycles.